The first-order chi connectivity index (χ1) is 14.4. The van der Waals surface area contributed by atoms with Crippen molar-refractivity contribution in [2.24, 2.45) is 23.3 Å². The van der Waals surface area contributed by atoms with Crippen molar-refractivity contribution in [2.75, 3.05) is 10.6 Å². The predicted molar refractivity (Wildman–Crippen MR) is 113 cm³/mol. The van der Waals surface area contributed by atoms with Crippen LogP contribution < -0.4 is 22.1 Å². The number of nitrogens with one attached hydrogen (secondary N) is 2. The molecule has 0 bridgehead atoms. The molecule has 0 aromatic heterocycles. The van der Waals surface area contributed by atoms with Gasteiger partial charge in [0.25, 0.3) is 11.8 Å². The molecule has 0 saturated heterocycles. The minimum atomic E-state index is -0.609. The Morgan fingerprint density at radius 1 is 0.633 bits per heavy atom. The summed E-state index contributed by atoms with van der Waals surface area (Å²) in [5, 5.41) is 5.55. The topological polar surface area (TPSA) is 144 Å². The molecule has 0 spiro atoms. The first-order valence-electron chi connectivity index (χ1n) is 9.76. The molecule has 3 rings (SSSR count). The van der Waals surface area contributed by atoms with Crippen molar-refractivity contribution < 1.29 is 19.2 Å². The minimum absolute atomic E-state index is 0.193. The normalized spacial score (nSPS) is 18.3. The highest BCUT2D eigenvalue weighted by Gasteiger charge is 2.30. The monoisotopic (exact) mass is 408 g/mol. The first-order valence-corrected chi connectivity index (χ1v) is 9.76. The Bertz CT molecular complexity index is 901. The van der Waals surface area contributed by atoms with E-state index in [1.165, 1.54) is 0 Å². The molecule has 1 saturated carbocycles. The third kappa shape index (κ3) is 4.83. The van der Waals surface area contributed by atoms with Gasteiger partial charge in [-0.2, -0.15) is 0 Å². The molecule has 0 aliphatic heterocycles. The van der Waals surface area contributed by atoms with Gasteiger partial charge in [0, 0.05) is 11.8 Å². The molecule has 156 valence electrons. The summed E-state index contributed by atoms with van der Waals surface area (Å²) in [5.41, 5.74) is 12.0. The Balaban J connectivity index is 1.57. The van der Waals surface area contributed by atoms with Crippen LogP contribution in [0.3, 0.4) is 0 Å². The van der Waals surface area contributed by atoms with Crippen molar-refractivity contribution in [2.45, 2.75) is 25.7 Å². The van der Waals surface area contributed by atoms with E-state index in [9.17, 15) is 19.2 Å². The Kier molecular flexibility index (Phi) is 6.46. The molecule has 8 heteroatoms. The third-order valence-electron chi connectivity index (χ3n) is 5.37. The van der Waals surface area contributed by atoms with Crippen LogP contribution in [0.1, 0.15) is 46.4 Å². The lowest BCUT2D eigenvalue weighted by Crippen LogP contribution is -2.32. The van der Waals surface area contributed by atoms with Gasteiger partial charge in [-0.25, -0.2) is 0 Å². The van der Waals surface area contributed by atoms with Gasteiger partial charge in [0.05, 0.1) is 22.5 Å². The van der Waals surface area contributed by atoms with Gasteiger partial charge in [0.2, 0.25) is 11.8 Å². The highest BCUT2D eigenvalue weighted by Crippen LogP contribution is 2.31. The van der Waals surface area contributed by atoms with E-state index in [2.05, 4.69) is 10.6 Å². The zero-order valence-corrected chi connectivity index (χ0v) is 16.4. The van der Waals surface area contributed by atoms with Gasteiger partial charge < -0.3 is 22.1 Å². The molecule has 1 aliphatic rings. The number of amides is 4. The number of nitrogens with two attached hydrogens (primary N) is 2. The van der Waals surface area contributed by atoms with E-state index in [0.29, 0.717) is 37.1 Å². The summed E-state index contributed by atoms with van der Waals surface area (Å²) in [6, 6.07) is 13.2. The van der Waals surface area contributed by atoms with Crippen molar-refractivity contribution in [3.05, 3.63) is 59.7 Å². The number of carbonyl (C=O) groups is 4. The van der Waals surface area contributed by atoms with Crippen LogP contribution in [0.5, 0.6) is 0 Å². The number of carbonyl (C=O) groups excluding carboxylic acids is 4. The van der Waals surface area contributed by atoms with E-state index < -0.39 is 11.8 Å². The van der Waals surface area contributed by atoms with Crippen LogP contribution in [0.15, 0.2) is 48.5 Å². The molecule has 6 N–H and O–H groups in total. The van der Waals surface area contributed by atoms with Crippen molar-refractivity contribution in [1.82, 2.24) is 0 Å². The van der Waals surface area contributed by atoms with E-state index in [1.807, 2.05) is 0 Å². The van der Waals surface area contributed by atoms with Crippen molar-refractivity contribution in [3.8, 4) is 0 Å². The quantitative estimate of drug-likeness (QED) is 0.581. The van der Waals surface area contributed by atoms with Gasteiger partial charge in [0.1, 0.15) is 0 Å². The second-order valence-corrected chi connectivity index (χ2v) is 7.35. The molecular weight excluding hydrogens is 384 g/mol. The third-order valence-corrected chi connectivity index (χ3v) is 5.37. The van der Waals surface area contributed by atoms with E-state index in [-0.39, 0.29) is 34.8 Å². The van der Waals surface area contributed by atoms with Crippen LogP contribution >= 0.6 is 0 Å². The van der Waals surface area contributed by atoms with Crippen LogP contribution in [-0.4, -0.2) is 23.6 Å². The van der Waals surface area contributed by atoms with Gasteiger partial charge in [-0.1, -0.05) is 24.3 Å². The smallest absolute Gasteiger partial charge is 0.250 e. The maximum Gasteiger partial charge on any atom is 0.250 e. The number of anilines is 2. The largest absolute Gasteiger partial charge is 0.366 e. The summed E-state index contributed by atoms with van der Waals surface area (Å²) < 4.78 is 0. The lowest BCUT2D eigenvalue weighted by atomic mass is 9.81. The van der Waals surface area contributed by atoms with Gasteiger partial charge in [-0.3, -0.25) is 19.2 Å². The zero-order valence-electron chi connectivity index (χ0n) is 16.4. The second-order valence-electron chi connectivity index (χ2n) is 7.35. The zero-order chi connectivity index (χ0) is 21.7. The summed E-state index contributed by atoms with van der Waals surface area (Å²) in [6.45, 7) is 0. The molecule has 1 fully saturated rings. The predicted octanol–water partition coefficient (Wildman–Crippen LogP) is 2.27. The van der Waals surface area contributed by atoms with E-state index in [4.69, 9.17) is 11.5 Å². The Hall–Kier alpha value is -3.68. The number of para-hydroxylation sites is 2. The number of primary amides is 2. The molecule has 1 aliphatic carbocycles. The van der Waals surface area contributed by atoms with Gasteiger partial charge in [-0.15, -0.1) is 0 Å². The fourth-order valence-electron chi connectivity index (χ4n) is 3.70. The van der Waals surface area contributed by atoms with Crippen LogP contribution in [-0.2, 0) is 9.59 Å². The molecule has 2 aromatic rings. The lowest BCUT2D eigenvalue weighted by Gasteiger charge is -2.27. The molecular formula is C22H24N4O4. The van der Waals surface area contributed by atoms with Crippen molar-refractivity contribution in [1.29, 1.82) is 0 Å². The number of hydrogen-bond acceptors (Lipinski definition) is 4. The lowest BCUT2D eigenvalue weighted by molar-refractivity contribution is -0.125. The number of benzene rings is 2. The van der Waals surface area contributed by atoms with E-state index in [0.717, 1.165) is 0 Å². The number of rotatable bonds is 6. The molecule has 4 amide bonds. The maximum atomic E-state index is 12.6. The van der Waals surface area contributed by atoms with Crippen LogP contribution in [0.2, 0.25) is 0 Å². The first kappa shape index (κ1) is 21.0. The van der Waals surface area contributed by atoms with E-state index >= 15 is 0 Å². The molecule has 30 heavy (non-hydrogen) atoms. The molecule has 0 heterocycles. The van der Waals surface area contributed by atoms with Crippen molar-refractivity contribution in [3.63, 3.8) is 0 Å². The average molecular weight is 408 g/mol. The maximum absolute atomic E-state index is 12.6. The summed E-state index contributed by atoms with van der Waals surface area (Å²) in [4.78, 5) is 48.3. The van der Waals surface area contributed by atoms with E-state index in [1.54, 1.807) is 48.5 Å². The summed E-state index contributed by atoms with van der Waals surface area (Å²) in [7, 11) is 0. The minimum Gasteiger partial charge on any atom is -0.366 e. The Morgan fingerprint density at radius 3 is 1.30 bits per heavy atom. The molecule has 0 atom stereocenters. The fraction of sp³-hybridized carbons (Fsp3) is 0.273. The Labute approximate surface area is 174 Å². The summed E-state index contributed by atoms with van der Waals surface area (Å²) in [5.74, 6) is -2.12. The van der Waals surface area contributed by atoms with Crippen LogP contribution in [0.25, 0.3) is 0 Å². The van der Waals surface area contributed by atoms with Gasteiger partial charge in [0.15, 0.2) is 0 Å². The van der Waals surface area contributed by atoms with Crippen molar-refractivity contribution >= 4 is 35.0 Å². The fourth-order valence-corrected chi connectivity index (χ4v) is 3.70. The molecule has 2 aromatic carbocycles. The molecule has 8 nitrogen and oxygen atoms in total. The highest BCUT2D eigenvalue weighted by atomic mass is 16.2. The van der Waals surface area contributed by atoms with Crippen LogP contribution in [0, 0.1) is 11.8 Å². The van der Waals surface area contributed by atoms with Crippen LogP contribution in [0.4, 0.5) is 11.4 Å². The summed E-state index contributed by atoms with van der Waals surface area (Å²) in [6.07, 6.45) is 2.17. The van der Waals surface area contributed by atoms with Gasteiger partial charge >= 0.3 is 0 Å². The Morgan fingerprint density at radius 2 is 0.967 bits per heavy atom. The summed E-state index contributed by atoms with van der Waals surface area (Å²) >= 11 is 0. The number of hydrogen-bond donors (Lipinski definition) is 4. The standard InChI is InChI=1S/C22H24N4O4/c23-19(27)15-5-1-3-7-17(15)25-21(29)13-9-11-14(12-10-13)22(30)26-18-8-4-2-6-16(18)20(24)28/h1-8,13-14H,9-12H2,(H2,23,27)(H2,24,28)(H,25,29)(H,26,30). The average Bonchev–Trinajstić information content (AvgIpc) is 2.74. The SMILES string of the molecule is NC(=O)c1ccccc1NC(=O)C1CCC(C(=O)Nc2ccccc2C(N)=O)CC1. The molecule has 0 unspecified atom stereocenters. The highest BCUT2D eigenvalue weighted by molar-refractivity contribution is 6.04. The van der Waals surface area contributed by atoms with Gasteiger partial charge in [-0.05, 0) is 49.9 Å². The second kappa shape index (κ2) is 9.21. The molecule has 0 radical (unpaired) electrons.